The van der Waals surface area contributed by atoms with Gasteiger partial charge in [-0.05, 0) is 38.6 Å². The van der Waals surface area contributed by atoms with E-state index in [1.165, 1.54) is 13.0 Å². The van der Waals surface area contributed by atoms with Crippen molar-refractivity contribution in [3.05, 3.63) is 29.6 Å². The summed E-state index contributed by atoms with van der Waals surface area (Å²) in [5, 5.41) is 3.00. The summed E-state index contributed by atoms with van der Waals surface area (Å²) in [6.07, 6.45) is 0.351. The SMILES string of the molecule is CCOc1ccc(C(CC(C)=O)NC)cc1F. The summed E-state index contributed by atoms with van der Waals surface area (Å²) in [7, 11) is 1.75. The van der Waals surface area contributed by atoms with Crippen molar-refractivity contribution in [3.8, 4) is 5.75 Å². The van der Waals surface area contributed by atoms with Crippen LogP contribution in [0.1, 0.15) is 31.9 Å². The molecule has 1 unspecified atom stereocenters. The second-order valence-corrected chi connectivity index (χ2v) is 3.87. The quantitative estimate of drug-likeness (QED) is 0.828. The molecule has 0 aliphatic carbocycles. The Labute approximate surface area is 101 Å². The lowest BCUT2D eigenvalue weighted by Crippen LogP contribution is -2.19. The fourth-order valence-electron chi connectivity index (χ4n) is 1.68. The summed E-state index contributed by atoms with van der Waals surface area (Å²) in [6, 6.07) is 4.63. The number of carbonyl (C=O) groups is 1. The van der Waals surface area contributed by atoms with Gasteiger partial charge in [0.05, 0.1) is 6.61 Å². The molecule has 4 heteroatoms. The van der Waals surface area contributed by atoms with E-state index in [0.29, 0.717) is 13.0 Å². The van der Waals surface area contributed by atoms with Gasteiger partial charge in [0.1, 0.15) is 5.78 Å². The summed E-state index contributed by atoms with van der Waals surface area (Å²) in [5.74, 6) is -0.0827. The minimum Gasteiger partial charge on any atom is -0.491 e. The molecule has 0 bridgehead atoms. The number of hydrogen-bond acceptors (Lipinski definition) is 3. The lowest BCUT2D eigenvalue weighted by atomic mass is 10.0. The zero-order valence-corrected chi connectivity index (χ0v) is 10.4. The number of Topliss-reactive ketones (excluding diaryl/α,β-unsaturated/α-hetero) is 1. The Morgan fingerprint density at radius 1 is 1.53 bits per heavy atom. The molecule has 0 radical (unpaired) electrons. The van der Waals surface area contributed by atoms with Gasteiger partial charge >= 0.3 is 0 Å². The Kier molecular flexibility index (Phi) is 5.10. The van der Waals surface area contributed by atoms with E-state index < -0.39 is 5.82 Å². The molecule has 0 saturated heterocycles. The maximum atomic E-state index is 13.6. The van der Waals surface area contributed by atoms with Gasteiger partial charge in [0.15, 0.2) is 11.6 Å². The standard InChI is InChI=1S/C13H18FNO2/c1-4-17-13-6-5-10(8-11(13)14)12(15-3)7-9(2)16/h5-6,8,12,15H,4,7H2,1-3H3. The number of rotatable bonds is 6. The van der Waals surface area contributed by atoms with E-state index in [4.69, 9.17) is 4.74 Å². The van der Waals surface area contributed by atoms with Gasteiger partial charge in [-0.3, -0.25) is 4.79 Å². The van der Waals surface area contributed by atoms with Crippen LogP contribution in [0, 0.1) is 5.82 Å². The number of hydrogen-bond donors (Lipinski definition) is 1. The summed E-state index contributed by atoms with van der Waals surface area (Å²) >= 11 is 0. The lowest BCUT2D eigenvalue weighted by Gasteiger charge is -2.16. The van der Waals surface area contributed by atoms with Crippen LogP contribution in [-0.4, -0.2) is 19.4 Å². The van der Waals surface area contributed by atoms with E-state index in [9.17, 15) is 9.18 Å². The smallest absolute Gasteiger partial charge is 0.165 e. The fraction of sp³-hybridized carbons (Fsp3) is 0.462. The first-order valence-corrected chi connectivity index (χ1v) is 5.67. The normalized spacial score (nSPS) is 12.2. The molecule has 0 aromatic heterocycles. The van der Waals surface area contributed by atoms with E-state index in [0.717, 1.165) is 5.56 Å². The van der Waals surface area contributed by atoms with Crippen molar-refractivity contribution in [2.45, 2.75) is 26.3 Å². The van der Waals surface area contributed by atoms with Crippen LogP contribution in [0.15, 0.2) is 18.2 Å². The Bertz CT molecular complexity index is 393. The maximum absolute atomic E-state index is 13.6. The van der Waals surface area contributed by atoms with Crippen LogP contribution in [0.25, 0.3) is 0 Å². The van der Waals surface area contributed by atoms with Gasteiger partial charge in [0, 0.05) is 12.5 Å². The summed E-state index contributed by atoms with van der Waals surface area (Å²) in [4.78, 5) is 11.1. The molecule has 17 heavy (non-hydrogen) atoms. The highest BCUT2D eigenvalue weighted by molar-refractivity contribution is 5.76. The molecule has 0 fully saturated rings. The first-order chi connectivity index (χ1) is 8.08. The predicted molar refractivity (Wildman–Crippen MR) is 64.7 cm³/mol. The third-order valence-corrected chi connectivity index (χ3v) is 2.50. The molecule has 0 amide bonds. The molecule has 1 aromatic carbocycles. The molecule has 1 N–H and O–H groups in total. The molecule has 1 atom stereocenters. The third-order valence-electron chi connectivity index (χ3n) is 2.50. The van der Waals surface area contributed by atoms with Crippen molar-refractivity contribution in [1.29, 1.82) is 0 Å². The number of ketones is 1. The van der Waals surface area contributed by atoms with Crippen LogP contribution in [0.3, 0.4) is 0 Å². The van der Waals surface area contributed by atoms with Crippen molar-refractivity contribution in [2.24, 2.45) is 0 Å². The van der Waals surface area contributed by atoms with Crippen LogP contribution in [0.2, 0.25) is 0 Å². The van der Waals surface area contributed by atoms with E-state index in [1.54, 1.807) is 26.1 Å². The third kappa shape index (κ3) is 3.82. The molecule has 1 rings (SSSR count). The molecule has 0 saturated carbocycles. The maximum Gasteiger partial charge on any atom is 0.165 e. The molecule has 1 aromatic rings. The largest absolute Gasteiger partial charge is 0.491 e. The molecular weight excluding hydrogens is 221 g/mol. The van der Waals surface area contributed by atoms with Crippen molar-refractivity contribution in [2.75, 3.05) is 13.7 Å². The van der Waals surface area contributed by atoms with Crippen molar-refractivity contribution in [3.63, 3.8) is 0 Å². The monoisotopic (exact) mass is 239 g/mol. The number of carbonyl (C=O) groups excluding carboxylic acids is 1. The molecular formula is C13H18FNO2. The average molecular weight is 239 g/mol. The molecule has 0 heterocycles. The Hall–Kier alpha value is -1.42. The summed E-state index contributed by atoms with van der Waals surface area (Å²) in [6.45, 7) is 3.76. The fourth-order valence-corrected chi connectivity index (χ4v) is 1.68. The average Bonchev–Trinajstić information content (AvgIpc) is 2.28. The van der Waals surface area contributed by atoms with Gasteiger partial charge in [-0.2, -0.15) is 0 Å². The summed E-state index contributed by atoms with van der Waals surface area (Å²) < 4.78 is 18.8. The zero-order chi connectivity index (χ0) is 12.8. The van der Waals surface area contributed by atoms with E-state index in [-0.39, 0.29) is 17.6 Å². The van der Waals surface area contributed by atoms with Crippen LogP contribution >= 0.6 is 0 Å². The van der Waals surface area contributed by atoms with Crippen LogP contribution < -0.4 is 10.1 Å². The van der Waals surface area contributed by atoms with Gasteiger partial charge in [0.25, 0.3) is 0 Å². The number of benzene rings is 1. The van der Waals surface area contributed by atoms with Gasteiger partial charge in [0.2, 0.25) is 0 Å². The molecule has 0 aliphatic heterocycles. The van der Waals surface area contributed by atoms with Crippen molar-refractivity contribution < 1.29 is 13.9 Å². The van der Waals surface area contributed by atoms with E-state index >= 15 is 0 Å². The highest BCUT2D eigenvalue weighted by Crippen LogP contribution is 2.23. The first-order valence-electron chi connectivity index (χ1n) is 5.67. The van der Waals surface area contributed by atoms with Crippen LogP contribution in [0.4, 0.5) is 4.39 Å². The Balaban J connectivity index is 2.90. The van der Waals surface area contributed by atoms with E-state index in [1.807, 2.05) is 0 Å². The van der Waals surface area contributed by atoms with E-state index in [2.05, 4.69) is 5.32 Å². The minimum absolute atomic E-state index is 0.0682. The summed E-state index contributed by atoms with van der Waals surface area (Å²) in [5.41, 5.74) is 0.753. The van der Waals surface area contributed by atoms with Crippen LogP contribution in [0.5, 0.6) is 5.75 Å². The zero-order valence-electron chi connectivity index (χ0n) is 10.4. The van der Waals surface area contributed by atoms with Crippen molar-refractivity contribution in [1.82, 2.24) is 5.32 Å². The van der Waals surface area contributed by atoms with Crippen molar-refractivity contribution >= 4 is 5.78 Å². The predicted octanol–water partition coefficient (Wildman–Crippen LogP) is 2.46. The second kappa shape index (κ2) is 6.35. The number of halogens is 1. The first kappa shape index (κ1) is 13.6. The Morgan fingerprint density at radius 3 is 2.71 bits per heavy atom. The van der Waals surface area contributed by atoms with Gasteiger partial charge in [-0.1, -0.05) is 6.07 Å². The molecule has 3 nitrogen and oxygen atoms in total. The lowest BCUT2D eigenvalue weighted by molar-refractivity contribution is -0.117. The molecule has 0 aliphatic rings. The highest BCUT2D eigenvalue weighted by atomic mass is 19.1. The van der Waals surface area contributed by atoms with Gasteiger partial charge < -0.3 is 10.1 Å². The number of ether oxygens (including phenoxy) is 1. The van der Waals surface area contributed by atoms with Crippen LogP contribution in [-0.2, 0) is 4.79 Å². The second-order valence-electron chi connectivity index (χ2n) is 3.87. The Morgan fingerprint density at radius 2 is 2.24 bits per heavy atom. The van der Waals surface area contributed by atoms with Gasteiger partial charge in [-0.25, -0.2) is 4.39 Å². The minimum atomic E-state index is -0.395. The topological polar surface area (TPSA) is 38.3 Å². The molecule has 0 spiro atoms. The van der Waals surface area contributed by atoms with Gasteiger partial charge in [-0.15, -0.1) is 0 Å². The number of nitrogens with one attached hydrogen (secondary N) is 1. The highest BCUT2D eigenvalue weighted by Gasteiger charge is 2.14. The molecule has 94 valence electrons.